The molecule has 4 nitrogen and oxygen atoms in total. The van der Waals surface area contributed by atoms with E-state index in [2.05, 4.69) is 22.2 Å². The summed E-state index contributed by atoms with van der Waals surface area (Å²) in [5.41, 5.74) is 1.08. The number of aromatic nitrogens is 3. The van der Waals surface area contributed by atoms with Gasteiger partial charge in [0.05, 0.1) is 11.9 Å². The van der Waals surface area contributed by atoms with Crippen molar-refractivity contribution >= 4 is 0 Å². The molecule has 60 valence electrons. The molecule has 0 amide bonds. The van der Waals surface area contributed by atoms with Crippen molar-refractivity contribution in [3.8, 4) is 0 Å². The molecule has 1 aromatic heterocycles. The molecule has 0 unspecified atom stereocenters. The molecule has 0 atom stereocenters. The lowest BCUT2D eigenvalue weighted by Gasteiger charge is -1.99. The molecule has 0 bridgehead atoms. The van der Waals surface area contributed by atoms with E-state index in [4.69, 9.17) is 0 Å². The third-order valence-corrected chi connectivity index (χ3v) is 1.40. The maximum absolute atomic E-state index is 3.80. The van der Waals surface area contributed by atoms with Crippen LogP contribution in [0.1, 0.15) is 5.69 Å². The van der Waals surface area contributed by atoms with Crippen LogP contribution in [0.5, 0.6) is 0 Å². The molecule has 1 N–H and O–H groups in total. The van der Waals surface area contributed by atoms with Gasteiger partial charge in [-0.15, -0.1) is 11.7 Å². The van der Waals surface area contributed by atoms with Gasteiger partial charge in [-0.3, -0.25) is 4.68 Å². The zero-order valence-corrected chi connectivity index (χ0v) is 6.62. The number of rotatable bonds is 4. The van der Waals surface area contributed by atoms with Gasteiger partial charge in [-0.05, 0) is 0 Å². The first-order valence-corrected chi connectivity index (χ1v) is 3.49. The zero-order valence-electron chi connectivity index (χ0n) is 6.62. The minimum atomic E-state index is 0.787. The van der Waals surface area contributed by atoms with Gasteiger partial charge in [0.2, 0.25) is 0 Å². The normalized spacial score (nSPS) is 9.91. The molecule has 1 rings (SSSR count). The van der Waals surface area contributed by atoms with Gasteiger partial charge < -0.3 is 5.32 Å². The molecule has 0 aliphatic carbocycles. The van der Waals surface area contributed by atoms with E-state index >= 15 is 0 Å². The van der Waals surface area contributed by atoms with Gasteiger partial charge >= 0.3 is 0 Å². The maximum atomic E-state index is 3.80. The van der Waals surface area contributed by atoms with Gasteiger partial charge in [0.25, 0.3) is 0 Å². The van der Waals surface area contributed by atoms with Crippen molar-refractivity contribution in [1.29, 1.82) is 0 Å². The molecule has 0 aliphatic rings. The lowest BCUT2D eigenvalue weighted by atomic mass is 10.4. The van der Waals surface area contributed by atoms with Crippen LogP contribution < -0.4 is 5.32 Å². The van der Waals surface area contributed by atoms with E-state index in [9.17, 15) is 0 Å². The summed E-state index contributed by atoms with van der Waals surface area (Å²) in [4.78, 5) is 0. The van der Waals surface area contributed by atoms with Gasteiger partial charge in [0, 0.05) is 20.1 Å². The Morgan fingerprint density at radius 2 is 2.64 bits per heavy atom. The van der Waals surface area contributed by atoms with Crippen LogP contribution in [-0.2, 0) is 13.6 Å². The number of nitrogens with zero attached hydrogens (tertiary/aromatic N) is 3. The fourth-order valence-electron chi connectivity index (χ4n) is 0.773. The predicted octanol–water partition coefficient (Wildman–Crippen LogP) is 0.0907. The second-order valence-corrected chi connectivity index (χ2v) is 2.27. The fraction of sp³-hybridized carbons (Fsp3) is 0.429. The number of nitrogens with one attached hydrogen (secondary N) is 1. The average Bonchev–Trinajstić information content (AvgIpc) is 2.37. The van der Waals surface area contributed by atoms with Crippen molar-refractivity contribution in [3.05, 3.63) is 24.5 Å². The fourth-order valence-corrected chi connectivity index (χ4v) is 0.773. The molecule has 0 aromatic carbocycles. The number of hydrogen-bond acceptors (Lipinski definition) is 3. The summed E-state index contributed by atoms with van der Waals surface area (Å²) in [7, 11) is 1.87. The molecule has 1 aromatic rings. The Morgan fingerprint density at radius 3 is 3.18 bits per heavy atom. The number of aryl methyl sites for hydroxylation is 1. The summed E-state index contributed by atoms with van der Waals surface area (Å²) in [5.74, 6) is 0. The average molecular weight is 152 g/mol. The van der Waals surface area contributed by atoms with Crippen molar-refractivity contribution in [2.45, 2.75) is 6.54 Å². The van der Waals surface area contributed by atoms with Crippen LogP contribution in [0.3, 0.4) is 0 Å². The van der Waals surface area contributed by atoms with E-state index in [1.54, 1.807) is 10.9 Å². The van der Waals surface area contributed by atoms with Crippen LogP contribution >= 0.6 is 0 Å². The second kappa shape index (κ2) is 3.88. The van der Waals surface area contributed by atoms with Gasteiger partial charge in [-0.2, -0.15) is 0 Å². The minimum absolute atomic E-state index is 0.787. The smallest absolute Gasteiger partial charge is 0.0738 e. The zero-order chi connectivity index (χ0) is 8.10. The summed E-state index contributed by atoms with van der Waals surface area (Å²) in [6.07, 6.45) is 3.57. The van der Waals surface area contributed by atoms with Crippen molar-refractivity contribution in [2.75, 3.05) is 6.54 Å². The Labute approximate surface area is 65.9 Å². The second-order valence-electron chi connectivity index (χ2n) is 2.27. The minimum Gasteiger partial charge on any atom is -0.308 e. The Hall–Kier alpha value is -1.16. The highest BCUT2D eigenvalue weighted by Crippen LogP contribution is 1.90. The van der Waals surface area contributed by atoms with Gasteiger partial charge in [0.15, 0.2) is 0 Å². The van der Waals surface area contributed by atoms with E-state index in [1.807, 2.05) is 13.1 Å². The molecule has 0 radical (unpaired) electrons. The molecule has 1 heterocycles. The van der Waals surface area contributed by atoms with Crippen molar-refractivity contribution in [3.63, 3.8) is 0 Å². The largest absolute Gasteiger partial charge is 0.308 e. The van der Waals surface area contributed by atoms with Crippen LogP contribution in [0.4, 0.5) is 0 Å². The molecule has 11 heavy (non-hydrogen) atoms. The lowest BCUT2D eigenvalue weighted by molar-refractivity contribution is 0.639. The van der Waals surface area contributed by atoms with E-state index in [0.29, 0.717) is 0 Å². The Morgan fingerprint density at radius 1 is 1.82 bits per heavy atom. The van der Waals surface area contributed by atoms with Crippen molar-refractivity contribution in [2.24, 2.45) is 7.05 Å². The third-order valence-electron chi connectivity index (χ3n) is 1.40. The van der Waals surface area contributed by atoms with E-state index in [1.165, 1.54) is 0 Å². The van der Waals surface area contributed by atoms with Crippen LogP contribution in [0.2, 0.25) is 0 Å². The predicted molar refractivity (Wildman–Crippen MR) is 42.9 cm³/mol. The molecule has 0 spiro atoms. The lowest BCUT2D eigenvalue weighted by Crippen LogP contribution is -2.15. The SMILES string of the molecule is C=CCNCc1cnnn1C. The standard InChI is InChI=1S/C7H12N4/c1-3-4-8-5-7-6-9-10-11(7)2/h3,6,8H,1,4-5H2,2H3. The highest BCUT2D eigenvalue weighted by Gasteiger charge is 1.96. The Kier molecular flexibility index (Phi) is 2.80. The van der Waals surface area contributed by atoms with Crippen molar-refractivity contribution < 1.29 is 0 Å². The third kappa shape index (κ3) is 2.16. The highest BCUT2D eigenvalue weighted by atomic mass is 15.4. The van der Waals surface area contributed by atoms with Crippen LogP contribution in [0.25, 0.3) is 0 Å². The van der Waals surface area contributed by atoms with E-state index in [0.717, 1.165) is 18.8 Å². The van der Waals surface area contributed by atoms with Gasteiger partial charge in [-0.1, -0.05) is 11.3 Å². The maximum Gasteiger partial charge on any atom is 0.0738 e. The highest BCUT2D eigenvalue weighted by molar-refractivity contribution is 4.92. The molecular formula is C7H12N4. The Balaban J connectivity index is 2.38. The summed E-state index contributed by atoms with van der Waals surface area (Å²) in [5, 5.41) is 10.7. The van der Waals surface area contributed by atoms with Crippen LogP contribution in [-0.4, -0.2) is 21.5 Å². The first-order chi connectivity index (χ1) is 5.34. The summed E-state index contributed by atoms with van der Waals surface area (Å²) < 4.78 is 1.75. The topological polar surface area (TPSA) is 42.7 Å². The first-order valence-electron chi connectivity index (χ1n) is 3.49. The van der Waals surface area contributed by atoms with Gasteiger partial charge in [-0.25, -0.2) is 0 Å². The molecular weight excluding hydrogens is 140 g/mol. The van der Waals surface area contributed by atoms with Gasteiger partial charge in [0.1, 0.15) is 0 Å². The van der Waals surface area contributed by atoms with Crippen LogP contribution in [0, 0.1) is 0 Å². The quantitative estimate of drug-likeness (QED) is 0.491. The molecule has 0 saturated carbocycles. The van der Waals surface area contributed by atoms with E-state index in [-0.39, 0.29) is 0 Å². The molecule has 0 saturated heterocycles. The summed E-state index contributed by atoms with van der Waals surface area (Å²) in [6.45, 7) is 5.20. The van der Waals surface area contributed by atoms with Crippen LogP contribution in [0.15, 0.2) is 18.9 Å². The summed E-state index contributed by atoms with van der Waals surface area (Å²) >= 11 is 0. The van der Waals surface area contributed by atoms with E-state index < -0.39 is 0 Å². The number of hydrogen-bond donors (Lipinski definition) is 1. The van der Waals surface area contributed by atoms with Crippen molar-refractivity contribution in [1.82, 2.24) is 20.3 Å². The molecule has 0 fully saturated rings. The molecule has 0 aliphatic heterocycles. The first kappa shape index (κ1) is 7.94. The monoisotopic (exact) mass is 152 g/mol. The molecule has 4 heteroatoms. The Bertz CT molecular complexity index is 228. The summed E-state index contributed by atoms with van der Waals surface area (Å²) in [6, 6.07) is 0.